The van der Waals surface area contributed by atoms with Crippen molar-refractivity contribution < 1.29 is 23.9 Å². The third-order valence-electron chi connectivity index (χ3n) is 2.53. The Morgan fingerprint density at radius 1 is 1.19 bits per heavy atom. The third kappa shape index (κ3) is 6.05. The maximum atomic E-state index is 11.8. The molecule has 0 aliphatic carbocycles. The Hall–Kier alpha value is -2.41. The van der Waals surface area contributed by atoms with Crippen LogP contribution in [0.25, 0.3) is 0 Å². The molecule has 0 unspecified atom stereocenters. The number of esters is 1. The lowest BCUT2D eigenvalue weighted by molar-refractivity contribution is -0.142. The van der Waals surface area contributed by atoms with Crippen molar-refractivity contribution in [2.24, 2.45) is 0 Å². The van der Waals surface area contributed by atoms with E-state index in [4.69, 9.17) is 4.74 Å². The summed E-state index contributed by atoms with van der Waals surface area (Å²) < 4.78 is 9.24. The molecule has 1 aromatic carbocycles. The zero-order chi connectivity index (χ0) is 15.7. The van der Waals surface area contributed by atoms with Gasteiger partial charge in [-0.05, 0) is 18.2 Å². The lowest BCUT2D eigenvalue weighted by Crippen LogP contribution is -2.27. The molecule has 114 valence electrons. The van der Waals surface area contributed by atoms with Gasteiger partial charge in [0.25, 0.3) is 5.91 Å². The van der Waals surface area contributed by atoms with Crippen molar-refractivity contribution in [3.05, 3.63) is 29.8 Å². The van der Waals surface area contributed by atoms with Crippen molar-refractivity contribution in [3.8, 4) is 0 Å². The van der Waals surface area contributed by atoms with E-state index < -0.39 is 11.9 Å². The highest BCUT2D eigenvalue weighted by molar-refractivity contribution is 6.02. The molecule has 0 aliphatic rings. The summed E-state index contributed by atoms with van der Waals surface area (Å²) in [4.78, 5) is 34.3. The zero-order valence-electron chi connectivity index (χ0n) is 12.0. The van der Waals surface area contributed by atoms with E-state index >= 15 is 0 Å². The van der Waals surface area contributed by atoms with E-state index in [9.17, 15) is 14.4 Å². The normalized spacial score (nSPS) is 9.81. The molecule has 0 atom stereocenters. The molecule has 0 radical (unpaired) electrons. The largest absolute Gasteiger partial charge is 0.469 e. The second kappa shape index (κ2) is 8.70. The molecule has 0 aromatic heterocycles. The van der Waals surface area contributed by atoms with Gasteiger partial charge in [0.2, 0.25) is 5.91 Å². The van der Waals surface area contributed by atoms with Crippen LogP contribution in [0.2, 0.25) is 0 Å². The van der Waals surface area contributed by atoms with Gasteiger partial charge in [-0.15, -0.1) is 0 Å². The molecule has 7 heteroatoms. The lowest BCUT2D eigenvalue weighted by atomic mass is 10.2. The summed E-state index contributed by atoms with van der Waals surface area (Å²) in [5.74, 6) is -1.39. The van der Waals surface area contributed by atoms with Crippen LogP contribution in [0.1, 0.15) is 16.8 Å². The van der Waals surface area contributed by atoms with Crippen molar-refractivity contribution >= 4 is 23.5 Å². The van der Waals surface area contributed by atoms with Gasteiger partial charge in [-0.2, -0.15) is 0 Å². The van der Waals surface area contributed by atoms with Crippen LogP contribution in [0.3, 0.4) is 0 Å². The zero-order valence-corrected chi connectivity index (χ0v) is 12.0. The number of carbonyl (C=O) groups excluding carboxylic acids is 3. The molecule has 7 nitrogen and oxygen atoms in total. The van der Waals surface area contributed by atoms with Gasteiger partial charge >= 0.3 is 5.97 Å². The fourth-order valence-electron chi connectivity index (χ4n) is 1.52. The van der Waals surface area contributed by atoms with Crippen LogP contribution in [0.5, 0.6) is 0 Å². The molecule has 21 heavy (non-hydrogen) atoms. The molecule has 0 heterocycles. The molecule has 0 aliphatic heterocycles. The van der Waals surface area contributed by atoms with Crippen LogP contribution < -0.4 is 10.6 Å². The molecule has 1 rings (SSSR count). The topological polar surface area (TPSA) is 93.7 Å². The minimum atomic E-state index is -0.624. The van der Waals surface area contributed by atoms with Crippen LogP contribution in [0, 0.1) is 0 Å². The van der Waals surface area contributed by atoms with Crippen molar-refractivity contribution in [3.63, 3.8) is 0 Å². The lowest BCUT2D eigenvalue weighted by Gasteiger charge is -2.08. The van der Waals surface area contributed by atoms with Gasteiger partial charge < -0.3 is 20.1 Å². The smallest absolute Gasteiger partial charge is 0.315 e. The highest BCUT2D eigenvalue weighted by Crippen LogP contribution is 2.11. The quantitative estimate of drug-likeness (QED) is 0.435. The summed E-state index contributed by atoms with van der Waals surface area (Å²) in [6.07, 6.45) is -0.374. The van der Waals surface area contributed by atoms with Crippen LogP contribution >= 0.6 is 0 Å². The number of nitrogens with one attached hydrogen (secondary N) is 2. The number of hydrogen-bond acceptors (Lipinski definition) is 5. The Labute approximate surface area is 122 Å². The number of amides is 2. The van der Waals surface area contributed by atoms with E-state index in [1.807, 2.05) is 0 Å². The van der Waals surface area contributed by atoms with Crippen molar-refractivity contribution in [1.29, 1.82) is 0 Å². The Bertz CT molecular complexity index is 516. The predicted molar refractivity (Wildman–Crippen MR) is 75.9 cm³/mol. The van der Waals surface area contributed by atoms with Gasteiger partial charge in [0, 0.05) is 24.9 Å². The maximum absolute atomic E-state index is 11.8. The molecule has 0 fully saturated rings. The summed E-state index contributed by atoms with van der Waals surface area (Å²) in [6.45, 7) is 0.815. The van der Waals surface area contributed by atoms with Gasteiger partial charge in [0.15, 0.2) is 0 Å². The fraction of sp³-hybridized carbons (Fsp3) is 0.357. The second-order valence-electron chi connectivity index (χ2n) is 4.13. The van der Waals surface area contributed by atoms with E-state index in [2.05, 4.69) is 15.4 Å². The summed E-state index contributed by atoms with van der Waals surface area (Å²) in [5, 5.41) is 5.20. The van der Waals surface area contributed by atoms with E-state index in [0.29, 0.717) is 24.4 Å². The first kappa shape index (κ1) is 16.6. The Morgan fingerprint density at radius 3 is 2.62 bits per heavy atom. The minimum Gasteiger partial charge on any atom is -0.469 e. The number of ether oxygens (including phenoxy) is 2. The number of benzene rings is 1. The number of methoxy groups -OCH3 is 2. The number of hydrogen-bond donors (Lipinski definition) is 2. The van der Waals surface area contributed by atoms with Crippen molar-refractivity contribution in [1.82, 2.24) is 5.32 Å². The van der Waals surface area contributed by atoms with E-state index in [-0.39, 0.29) is 12.3 Å². The molecular weight excluding hydrogens is 276 g/mol. The van der Waals surface area contributed by atoms with Gasteiger partial charge in [-0.25, -0.2) is 0 Å². The van der Waals surface area contributed by atoms with E-state index in [0.717, 1.165) is 0 Å². The van der Waals surface area contributed by atoms with E-state index in [1.54, 1.807) is 25.3 Å². The van der Waals surface area contributed by atoms with E-state index in [1.165, 1.54) is 13.2 Å². The molecule has 0 saturated carbocycles. The molecule has 0 bridgehead atoms. The third-order valence-corrected chi connectivity index (χ3v) is 2.53. The van der Waals surface area contributed by atoms with Gasteiger partial charge in [0.05, 0.1) is 13.7 Å². The Morgan fingerprint density at radius 2 is 1.95 bits per heavy atom. The summed E-state index contributed by atoms with van der Waals surface area (Å²) in [7, 11) is 2.75. The van der Waals surface area contributed by atoms with Gasteiger partial charge in [0.1, 0.15) is 6.42 Å². The SMILES string of the molecule is COCCNC(=O)c1cccc(NC(=O)CC(=O)OC)c1. The van der Waals surface area contributed by atoms with Crippen molar-refractivity contribution in [2.45, 2.75) is 6.42 Å². The number of carbonyl (C=O) groups is 3. The van der Waals surface area contributed by atoms with Crippen LogP contribution in [-0.4, -0.2) is 45.2 Å². The van der Waals surface area contributed by atoms with Gasteiger partial charge in [-0.3, -0.25) is 14.4 Å². The molecule has 1 aromatic rings. The highest BCUT2D eigenvalue weighted by atomic mass is 16.5. The molecule has 0 saturated heterocycles. The molecule has 0 spiro atoms. The molecular formula is C14H18N2O5. The maximum Gasteiger partial charge on any atom is 0.315 e. The highest BCUT2D eigenvalue weighted by Gasteiger charge is 2.11. The minimum absolute atomic E-state index is 0.267. The average Bonchev–Trinajstić information content (AvgIpc) is 2.47. The number of anilines is 1. The first-order chi connectivity index (χ1) is 10.1. The summed E-state index contributed by atoms with van der Waals surface area (Å²) >= 11 is 0. The number of rotatable bonds is 7. The second-order valence-corrected chi connectivity index (χ2v) is 4.13. The first-order valence-corrected chi connectivity index (χ1v) is 6.30. The van der Waals surface area contributed by atoms with Crippen LogP contribution in [-0.2, 0) is 19.1 Å². The Kier molecular flexibility index (Phi) is 6.90. The van der Waals surface area contributed by atoms with Crippen LogP contribution in [0.15, 0.2) is 24.3 Å². The van der Waals surface area contributed by atoms with Gasteiger partial charge in [-0.1, -0.05) is 6.07 Å². The van der Waals surface area contributed by atoms with Crippen molar-refractivity contribution in [2.75, 3.05) is 32.7 Å². The molecule has 2 amide bonds. The monoisotopic (exact) mass is 294 g/mol. The average molecular weight is 294 g/mol. The fourth-order valence-corrected chi connectivity index (χ4v) is 1.52. The summed E-state index contributed by atoms with van der Waals surface area (Å²) in [5.41, 5.74) is 0.838. The Balaban J connectivity index is 2.61. The molecule has 2 N–H and O–H groups in total. The first-order valence-electron chi connectivity index (χ1n) is 6.30. The standard InChI is InChI=1S/C14H18N2O5/c1-20-7-6-15-14(19)10-4-3-5-11(8-10)16-12(17)9-13(18)21-2/h3-5,8H,6-7,9H2,1-2H3,(H,15,19)(H,16,17). The van der Waals surface area contributed by atoms with Crippen LogP contribution in [0.4, 0.5) is 5.69 Å². The summed E-state index contributed by atoms with van der Waals surface area (Å²) in [6, 6.07) is 6.41. The predicted octanol–water partition coefficient (Wildman–Crippen LogP) is 0.564.